The van der Waals surface area contributed by atoms with Crippen molar-refractivity contribution in [2.75, 3.05) is 13.2 Å². The molecule has 0 bridgehead atoms. The van der Waals surface area contributed by atoms with E-state index >= 15 is 0 Å². The molecule has 0 aromatic carbocycles. The Labute approximate surface area is 123 Å². The van der Waals surface area contributed by atoms with Gasteiger partial charge in [0.1, 0.15) is 6.61 Å². The van der Waals surface area contributed by atoms with E-state index in [-0.39, 0.29) is 18.3 Å². The maximum atomic E-state index is 12.2. The van der Waals surface area contributed by atoms with Gasteiger partial charge in [0, 0.05) is 12.5 Å². The standard InChI is InChI=1S/C12H17F3N4O3/c13-12(14,15)6-22-8-4-2-1-3-7(8)5-16-10(20)9-17-11(21)19-18-9/h7-8H,1-6H2,(H,16,20)(H2,17,18,19,21)/t7-,8+/m1/s1. The first-order chi connectivity index (χ1) is 10.3. The second-order valence-electron chi connectivity index (χ2n) is 5.25. The van der Waals surface area contributed by atoms with Gasteiger partial charge in [0.05, 0.1) is 6.10 Å². The predicted molar refractivity (Wildman–Crippen MR) is 69.3 cm³/mol. The summed E-state index contributed by atoms with van der Waals surface area (Å²) in [6.45, 7) is -1.11. The van der Waals surface area contributed by atoms with Gasteiger partial charge in [-0.2, -0.15) is 13.2 Å². The van der Waals surface area contributed by atoms with Crippen LogP contribution < -0.4 is 11.0 Å². The third-order valence-electron chi connectivity index (χ3n) is 3.54. The molecule has 0 spiro atoms. The van der Waals surface area contributed by atoms with E-state index in [1.165, 1.54) is 0 Å². The van der Waals surface area contributed by atoms with E-state index < -0.39 is 30.5 Å². The van der Waals surface area contributed by atoms with Gasteiger partial charge in [-0.05, 0) is 12.8 Å². The average molecular weight is 322 g/mol. The lowest BCUT2D eigenvalue weighted by atomic mass is 9.86. The minimum Gasteiger partial charge on any atom is -0.368 e. The molecule has 124 valence electrons. The number of aromatic amines is 2. The number of alkyl halides is 3. The van der Waals surface area contributed by atoms with Crippen LogP contribution in [0.25, 0.3) is 0 Å². The zero-order valence-corrected chi connectivity index (χ0v) is 11.7. The number of nitrogens with zero attached hydrogens (tertiary/aromatic N) is 1. The summed E-state index contributed by atoms with van der Waals surface area (Å²) in [6, 6.07) is 0. The van der Waals surface area contributed by atoms with E-state index in [4.69, 9.17) is 4.74 Å². The van der Waals surface area contributed by atoms with E-state index in [9.17, 15) is 22.8 Å². The lowest BCUT2D eigenvalue weighted by molar-refractivity contribution is -0.193. The van der Waals surface area contributed by atoms with Gasteiger partial charge in [-0.1, -0.05) is 12.8 Å². The molecule has 1 aromatic heterocycles. The summed E-state index contributed by atoms with van der Waals surface area (Å²) >= 11 is 0. The molecule has 1 fully saturated rings. The van der Waals surface area contributed by atoms with Crippen LogP contribution in [0.15, 0.2) is 4.79 Å². The number of ether oxygens (including phenoxy) is 1. The van der Waals surface area contributed by atoms with Crippen molar-refractivity contribution in [1.82, 2.24) is 20.5 Å². The summed E-state index contributed by atoms with van der Waals surface area (Å²) in [5.74, 6) is -0.933. The SMILES string of the molecule is O=C(NC[C@H]1CCCC[C@@H]1OCC(F)(F)F)c1n[nH]c(=O)[nH]1. The van der Waals surface area contributed by atoms with Crippen LogP contribution in [0.2, 0.25) is 0 Å². The Hall–Kier alpha value is -1.84. The number of aromatic nitrogens is 3. The summed E-state index contributed by atoms with van der Waals surface area (Å²) < 4.78 is 41.7. The number of carbonyl (C=O) groups is 1. The van der Waals surface area contributed by atoms with Gasteiger partial charge in [0.2, 0.25) is 5.82 Å². The van der Waals surface area contributed by atoms with E-state index in [0.717, 1.165) is 12.8 Å². The van der Waals surface area contributed by atoms with E-state index in [1.54, 1.807) is 0 Å². The van der Waals surface area contributed by atoms with E-state index in [2.05, 4.69) is 20.5 Å². The second kappa shape index (κ2) is 6.95. The Morgan fingerprint density at radius 2 is 2.09 bits per heavy atom. The first-order valence-electron chi connectivity index (χ1n) is 6.96. The number of H-pyrrole nitrogens is 2. The van der Waals surface area contributed by atoms with Gasteiger partial charge < -0.3 is 10.1 Å². The number of nitrogens with one attached hydrogen (secondary N) is 3. The van der Waals surface area contributed by atoms with Crippen molar-refractivity contribution in [3.63, 3.8) is 0 Å². The molecular formula is C12H17F3N4O3. The summed E-state index contributed by atoms with van der Waals surface area (Å²) in [6.07, 6.45) is -1.99. The highest BCUT2D eigenvalue weighted by Gasteiger charge is 2.33. The summed E-state index contributed by atoms with van der Waals surface area (Å²) in [7, 11) is 0. The van der Waals surface area contributed by atoms with Crippen molar-refractivity contribution in [3.05, 3.63) is 16.3 Å². The zero-order valence-electron chi connectivity index (χ0n) is 11.7. The molecule has 0 aliphatic heterocycles. The summed E-state index contributed by atoms with van der Waals surface area (Å²) in [5, 5.41) is 8.10. The molecule has 1 aliphatic rings. The number of carbonyl (C=O) groups excluding carboxylic acids is 1. The minimum absolute atomic E-state index is 0.159. The first kappa shape index (κ1) is 16.5. The molecule has 0 radical (unpaired) electrons. The van der Waals surface area contributed by atoms with Gasteiger partial charge in [-0.3, -0.25) is 9.78 Å². The Morgan fingerprint density at radius 1 is 1.36 bits per heavy atom. The zero-order chi connectivity index (χ0) is 16.2. The lowest BCUT2D eigenvalue weighted by Gasteiger charge is -2.31. The maximum absolute atomic E-state index is 12.2. The molecule has 1 saturated carbocycles. The molecule has 10 heteroatoms. The highest BCUT2D eigenvalue weighted by Crippen LogP contribution is 2.28. The van der Waals surface area contributed by atoms with Crippen molar-refractivity contribution < 1.29 is 22.7 Å². The van der Waals surface area contributed by atoms with Crippen LogP contribution >= 0.6 is 0 Å². The van der Waals surface area contributed by atoms with Crippen molar-refractivity contribution in [1.29, 1.82) is 0 Å². The smallest absolute Gasteiger partial charge is 0.368 e. The Balaban J connectivity index is 1.85. The quantitative estimate of drug-likeness (QED) is 0.752. The normalized spacial score (nSPS) is 22.5. The van der Waals surface area contributed by atoms with Gasteiger partial charge in [-0.15, -0.1) is 5.10 Å². The molecule has 0 saturated heterocycles. The van der Waals surface area contributed by atoms with Gasteiger partial charge >= 0.3 is 11.9 Å². The molecule has 1 aromatic rings. The lowest BCUT2D eigenvalue weighted by Crippen LogP contribution is -2.39. The van der Waals surface area contributed by atoms with Gasteiger partial charge in [0.15, 0.2) is 0 Å². The number of hydrogen-bond acceptors (Lipinski definition) is 4. The van der Waals surface area contributed by atoms with Gasteiger partial charge in [0.25, 0.3) is 5.91 Å². The predicted octanol–water partition coefficient (Wildman–Crippen LogP) is 0.965. The molecule has 2 rings (SSSR count). The molecule has 1 amide bonds. The van der Waals surface area contributed by atoms with Crippen LogP contribution in [0.5, 0.6) is 0 Å². The summed E-state index contributed by atoms with van der Waals surface area (Å²) in [5.41, 5.74) is -0.603. The van der Waals surface area contributed by atoms with Crippen molar-refractivity contribution >= 4 is 5.91 Å². The second-order valence-corrected chi connectivity index (χ2v) is 5.25. The maximum Gasteiger partial charge on any atom is 0.411 e. The molecule has 3 N–H and O–H groups in total. The van der Waals surface area contributed by atoms with Crippen molar-refractivity contribution in [2.45, 2.75) is 38.0 Å². The molecule has 1 heterocycles. The van der Waals surface area contributed by atoms with Crippen LogP contribution in [-0.4, -0.2) is 46.5 Å². The third kappa shape index (κ3) is 4.86. The Kier molecular flexibility index (Phi) is 5.22. The fourth-order valence-electron chi connectivity index (χ4n) is 2.51. The van der Waals surface area contributed by atoms with Crippen LogP contribution in [-0.2, 0) is 4.74 Å². The first-order valence-corrected chi connectivity index (χ1v) is 6.96. The van der Waals surface area contributed by atoms with E-state index in [1.807, 2.05) is 0 Å². The van der Waals surface area contributed by atoms with Crippen LogP contribution in [0.4, 0.5) is 13.2 Å². The fraction of sp³-hybridized carbons (Fsp3) is 0.750. The molecular weight excluding hydrogens is 305 g/mol. The highest BCUT2D eigenvalue weighted by atomic mass is 19.4. The van der Waals surface area contributed by atoms with Crippen molar-refractivity contribution in [2.24, 2.45) is 5.92 Å². The van der Waals surface area contributed by atoms with E-state index in [0.29, 0.717) is 12.8 Å². The number of rotatable bonds is 5. The third-order valence-corrected chi connectivity index (χ3v) is 3.54. The molecule has 0 unspecified atom stereocenters. The Morgan fingerprint density at radius 3 is 2.73 bits per heavy atom. The van der Waals surface area contributed by atoms with Crippen LogP contribution in [0, 0.1) is 5.92 Å². The fourth-order valence-corrected chi connectivity index (χ4v) is 2.51. The minimum atomic E-state index is -4.36. The van der Waals surface area contributed by atoms with Crippen LogP contribution in [0.3, 0.4) is 0 Å². The van der Waals surface area contributed by atoms with Crippen LogP contribution in [0.1, 0.15) is 36.3 Å². The monoisotopic (exact) mass is 322 g/mol. The largest absolute Gasteiger partial charge is 0.411 e. The number of halogens is 3. The molecule has 2 atom stereocenters. The number of amides is 1. The molecule has 1 aliphatic carbocycles. The highest BCUT2D eigenvalue weighted by molar-refractivity contribution is 5.90. The number of hydrogen-bond donors (Lipinski definition) is 3. The average Bonchev–Trinajstić information content (AvgIpc) is 2.89. The Bertz CT molecular complexity index is 554. The molecule has 22 heavy (non-hydrogen) atoms. The topological polar surface area (TPSA) is 99.9 Å². The van der Waals surface area contributed by atoms with Crippen molar-refractivity contribution in [3.8, 4) is 0 Å². The van der Waals surface area contributed by atoms with Gasteiger partial charge in [-0.25, -0.2) is 9.89 Å². The molecule has 7 nitrogen and oxygen atoms in total. The summed E-state index contributed by atoms with van der Waals surface area (Å²) in [4.78, 5) is 24.8.